The number of carbonyl (C=O) groups is 1. The van der Waals surface area contributed by atoms with E-state index >= 15 is 0 Å². The highest BCUT2D eigenvalue weighted by Crippen LogP contribution is 1.85. The van der Waals surface area contributed by atoms with Crippen LogP contribution in [0.1, 0.15) is 13.3 Å². The maximum Gasteiger partial charge on any atom is 0.216 e. The van der Waals surface area contributed by atoms with Crippen LogP contribution in [0.3, 0.4) is 0 Å². The predicted molar refractivity (Wildman–Crippen MR) is 57.0 cm³/mol. The molecule has 6 nitrogen and oxygen atoms in total. The van der Waals surface area contributed by atoms with E-state index in [1.165, 1.54) is 14.0 Å². The lowest BCUT2D eigenvalue weighted by molar-refractivity contribution is -0.118. The average molecular weight is 238 g/mol. The van der Waals surface area contributed by atoms with Crippen molar-refractivity contribution in [1.29, 1.82) is 0 Å². The zero-order valence-electron chi connectivity index (χ0n) is 9.08. The molecule has 0 radical (unpaired) electrons. The van der Waals surface area contributed by atoms with Gasteiger partial charge in [-0.25, -0.2) is 13.1 Å². The molecule has 0 aliphatic heterocycles. The molecule has 90 valence electrons. The van der Waals surface area contributed by atoms with Gasteiger partial charge in [0.15, 0.2) is 0 Å². The number of rotatable bonds is 8. The Kier molecular flexibility index (Phi) is 7.27. The van der Waals surface area contributed by atoms with Crippen molar-refractivity contribution in [3.8, 4) is 0 Å². The Hall–Kier alpha value is -0.660. The van der Waals surface area contributed by atoms with Crippen LogP contribution in [-0.2, 0) is 19.6 Å². The summed E-state index contributed by atoms with van der Waals surface area (Å²) in [4.78, 5) is 10.5. The second kappa shape index (κ2) is 7.61. The minimum absolute atomic E-state index is 0.0381. The summed E-state index contributed by atoms with van der Waals surface area (Å²) in [5.41, 5.74) is 0. The van der Waals surface area contributed by atoms with Crippen molar-refractivity contribution in [2.75, 3.05) is 32.6 Å². The number of methoxy groups -OCH3 is 1. The predicted octanol–water partition coefficient (Wildman–Crippen LogP) is -0.922. The molecule has 2 N–H and O–H groups in total. The number of ether oxygens (including phenoxy) is 1. The molecule has 0 aromatic rings. The molecule has 0 fully saturated rings. The molecule has 0 bridgehead atoms. The van der Waals surface area contributed by atoms with Crippen LogP contribution in [0.15, 0.2) is 0 Å². The molecule has 0 aliphatic carbocycles. The molecule has 0 heterocycles. The Morgan fingerprint density at radius 3 is 2.53 bits per heavy atom. The van der Waals surface area contributed by atoms with Crippen molar-refractivity contribution in [2.24, 2.45) is 0 Å². The average Bonchev–Trinajstić information content (AvgIpc) is 2.14. The minimum atomic E-state index is -3.23. The third kappa shape index (κ3) is 9.64. The summed E-state index contributed by atoms with van der Waals surface area (Å²) >= 11 is 0. The number of amides is 1. The molecule has 0 saturated carbocycles. The first-order valence-corrected chi connectivity index (χ1v) is 6.34. The van der Waals surface area contributed by atoms with E-state index in [0.29, 0.717) is 19.5 Å². The summed E-state index contributed by atoms with van der Waals surface area (Å²) in [5.74, 6) is -0.152. The van der Waals surface area contributed by atoms with E-state index in [-0.39, 0.29) is 18.3 Å². The molecule has 0 saturated heterocycles. The quantitative estimate of drug-likeness (QED) is 0.536. The number of hydrogen-bond donors (Lipinski definition) is 2. The molecule has 1 amide bonds. The smallest absolute Gasteiger partial charge is 0.216 e. The lowest BCUT2D eigenvalue weighted by Crippen LogP contribution is -2.31. The van der Waals surface area contributed by atoms with Crippen LogP contribution in [0.4, 0.5) is 0 Å². The maximum absolute atomic E-state index is 11.2. The third-order valence-corrected chi connectivity index (χ3v) is 2.95. The van der Waals surface area contributed by atoms with E-state index < -0.39 is 10.0 Å². The Bertz CT molecular complexity index is 276. The molecule has 0 aliphatic rings. The Morgan fingerprint density at radius 2 is 2.00 bits per heavy atom. The van der Waals surface area contributed by atoms with Crippen molar-refractivity contribution in [2.45, 2.75) is 13.3 Å². The summed E-state index contributed by atoms with van der Waals surface area (Å²) < 4.78 is 29.5. The van der Waals surface area contributed by atoms with Gasteiger partial charge in [0, 0.05) is 27.1 Å². The van der Waals surface area contributed by atoms with Crippen molar-refractivity contribution in [1.82, 2.24) is 10.0 Å². The molecule has 0 aromatic carbocycles. The van der Waals surface area contributed by atoms with Gasteiger partial charge in [-0.1, -0.05) is 0 Å². The van der Waals surface area contributed by atoms with Gasteiger partial charge in [-0.3, -0.25) is 4.79 Å². The molecule has 15 heavy (non-hydrogen) atoms. The van der Waals surface area contributed by atoms with Crippen LogP contribution in [0.25, 0.3) is 0 Å². The summed E-state index contributed by atoms with van der Waals surface area (Å²) in [6, 6.07) is 0. The fourth-order valence-corrected chi connectivity index (χ4v) is 1.83. The highest BCUT2D eigenvalue weighted by atomic mass is 32.2. The van der Waals surface area contributed by atoms with Gasteiger partial charge in [0.2, 0.25) is 15.9 Å². The van der Waals surface area contributed by atoms with Gasteiger partial charge in [-0.2, -0.15) is 0 Å². The standard InChI is InChI=1S/C8H18N2O4S/c1-8(11)9-4-3-5-10-15(12,13)7-6-14-2/h10H,3-7H2,1-2H3,(H,9,11). The Balaban J connectivity index is 3.53. The van der Waals surface area contributed by atoms with Gasteiger partial charge >= 0.3 is 0 Å². The molecule has 0 atom stereocenters. The second-order valence-corrected chi connectivity index (χ2v) is 4.97. The van der Waals surface area contributed by atoms with Gasteiger partial charge in [0.1, 0.15) is 0 Å². The van der Waals surface area contributed by atoms with E-state index in [2.05, 4.69) is 14.8 Å². The fourth-order valence-electron chi connectivity index (χ4n) is 0.846. The topological polar surface area (TPSA) is 84.5 Å². The first-order valence-electron chi connectivity index (χ1n) is 4.68. The van der Waals surface area contributed by atoms with Gasteiger partial charge in [0.05, 0.1) is 12.4 Å². The summed E-state index contributed by atoms with van der Waals surface area (Å²) in [6.07, 6.45) is 0.575. The van der Waals surface area contributed by atoms with Crippen LogP contribution in [0, 0.1) is 0 Å². The van der Waals surface area contributed by atoms with Gasteiger partial charge in [0.25, 0.3) is 0 Å². The van der Waals surface area contributed by atoms with Crippen molar-refractivity contribution in [3.05, 3.63) is 0 Å². The number of sulfonamides is 1. The Morgan fingerprint density at radius 1 is 1.33 bits per heavy atom. The largest absolute Gasteiger partial charge is 0.384 e. The normalized spacial score (nSPS) is 11.3. The zero-order valence-corrected chi connectivity index (χ0v) is 9.89. The molecule has 0 aromatic heterocycles. The summed E-state index contributed by atoms with van der Waals surface area (Å²) in [7, 11) is -1.78. The van der Waals surface area contributed by atoms with Crippen molar-refractivity contribution in [3.63, 3.8) is 0 Å². The molecular weight excluding hydrogens is 220 g/mol. The van der Waals surface area contributed by atoms with E-state index in [0.717, 1.165) is 0 Å². The lowest BCUT2D eigenvalue weighted by atomic mass is 10.4. The highest BCUT2D eigenvalue weighted by Gasteiger charge is 2.07. The molecule has 7 heteroatoms. The SMILES string of the molecule is COCCS(=O)(=O)NCCCNC(C)=O. The van der Waals surface area contributed by atoms with Crippen molar-refractivity contribution < 1.29 is 17.9 Å². The minimum Gasteiger partial charge on any atom is -0.384 e. The van der Waals surface area contributed by atoms with E-state index in [4.69, 9.17) is 0 Å². The molecule has 0 spiro atoms. The number of hydrogen-bond acceptors (Lipinski definition) is 4. The van der Waals surface area contributed by atoms with Crippen molar-refractivity contribution >= 4 is 15.9 Å². The van der Waals surface area contributed by atoms with Crippen LogP contribution in [0.5, 0.6) is 0 Å². The lowest BCUT2D eigenvalue weighted by Gasteiger charge is -2.06. The van der Waals surface area contributed by atoms with E-state index in [1.54, 1.807) is 0 Å². The van der Waals surface area contributed by atoms with Gasteiger partial charge in [-0.15, -0.1) is 0 Å². The number of carbonyl (C=O) groups excluding carboxylic acids is 1. The van der Waals surface area contributed by atoms with Gasteiger partial charge < -0.3 is 10.1 Å². The van der Waals surface area contributed by atoms with Crippen LogP contribution >= 0.6 is 0 Å². The van der Waals surface area contributed by atoms with Crippen LogP contribution in [-0.4, -0.2) is 46.9 Å². The van der Waals surface area contributed by atoms with E-state index in [1.807, 2.05) is 0 Å². The molecule has 0 rings (SSSR count). The highest BCUT2D eigenvalue weighted by molar-refractivity contribution is 7.89. The third-order valence-electron chi connectivity index (χ3n) is 1.61. The first kappa shape index (κ1) is 14.3. The van der Waals surface area contributed by atoms with Gasteiger partial charge in [-0.05, 0) is 6.42 Å². The second-order valence-electron chi connectivity index (χ2n) is 3.04. The maximum atomic E-state index is 11.2. The van der Waals surface area contributed by atoms with E-state index in [9.17, 15) is 13.2 Å². The summed E-state index contributed by atoms with van der Waals surface area (Å²) in [6.45, 7) is 2.40. The fraction of sp³-hybridized carbons (Fsp3) is 0.875. The first-order chi connectivity index (χ1) is 6.98. The molecule has 0 unspecified atom stereocenters. The van der Waals surface area contributed by atoms with Crippen LogP contribution in [0.2, 0.25) is 0 Å². The molecular formula is C8H18N2O4S. The summed E-state index contributed by atoms with van der Waals surface area (Å²) in [5, 5.41) is 2.58. The number of nitrogens with one attached hydrogen (secondary N) is 2. The Labute approximate surface area is 90.4 Å². The monoisotopic (exact) mass is 238 g/mol. The van der Waals surface area contributed by atoms with Crippen LogP contribution < -0.4 is 10.0 Å². The zero-order chi connectivity index (χ0) is 11.7.